The van der Waals surface area contributed by atoms with Crippen molar-refractivity contribution in [2.24, 2.45) is 0 Å². The number of hydrogen-bond acceptors (Lipinski definition) is 6. The monoisotopic (exact) mass is 310 g/mol. The van der Waals surface area contributed by atoms with Gasteiger partial charge in [-0.05, 0) is 31.4 Å². The molecule has 0 unspecified atom stereocenters. The van der Waals surface area contributed by atoms with Crippen LogP contribution < -0.4 is 5.32 Å². The van der Waals surface area contributed by atoms with Crippen LogP contribution in [0, 0.1) is 13.8 Å². The van der Waals surface area contributed by atoms with Gasteiger partial charge in [-0.2, -0.15) is 4.37 Å². The van der Waals surface area contributed by atoms with Gasteiger partial charge < -0.3 is 10.2 Å². The first-order valence-corrected chi connectivity index (χ1v) is 7.52. The predicted molar refractivity (Wildman–Crippen MR) is 78.8 cm³/mol. The van der Waals surface area contributed by atoms with E-state index in [-0.39, 0.29) is 0 Å². The van der Waals surface area contributed by atoms with E-state index in [0.717, 1.165) is 27.9 Å². The zero-order chi connectivity index (χ0) is 14.7. The molecule has 2 heterocycles. The summed E-state index contributed by atoms with van der Waals surface area (Å²) in [6.45, 7) is 4.04. The summed E-state index contributed by atoms with van der Waals surface area (Å²) in [6.07, 6.45) is 0. The van der Waals surface area contributed by atoms with E-state index in [2.05, 4.69) is 14.7 Å². The molecule has 0 bridgehead atoms. The Bertz CT molecular complexity index is 635. The summed E-state index contributed by atoms with van der Waals surface area (Å²) in [7, 11) is 1.58. The fraction of sp³-hybridized carbons (Fsp3) is 0.333. The molecule has 2 aromatic rings. The minimum atomic E-state index is -0.664. The Kier molecular flexibility index (Phi) is 4.46. The van der Waals surface area contributed by atoms with E-state index in [1.165, 1.54) is 16.2 Å². The van der Waals surface area contributed by atoms with Gasteiger partial charge in [-0.15, -0.1) is 11.3 Å². The Balaban J connectivity index is 1.94. The molecule has 6 nitrogen and oxygen atoms in total. The standard InChI is InChI=1S/C12H14N4O2S2/c1-7-4-10(20-15-7)14-11(17)12(18)16(3)5-9-6-19-8(2)13-9/h4,6H,5H2,1-3H3,(H,14,17). The van der Waals surface area contributed by atoms with Gasteiger partial charge in [0.15, 0.2) is 0 Å². The molecule has 0 aliphatic heterocycles. The second-order valence-corrected chi connectivity index (χ2v) is 6.17. The van der Waals surface area contributed by atoms with Crippen LogP contribution in [0.3, 0.4) is 0 Å². The molecule has 2 amide bonds. The van der Waals surface area contributed by atoms with E-state index in [1.807, 2.05) is 19.2 Å². The van der Waals surface area contributed by atoms with Crippen LogP contribution in [-0.4, -0.2) is 33.1 Å². The molecule has 0 aliphatic carbocycles. The molecule has 0 aliphatic rings. The second-order valence-electron chi connectivity index (χ2n) is 4.31. The zero-order valence-corrected chi connectivity index (χ0v) is 13.0. The first-order valence-electron chi connectivity index (χ1n) is 5.86. The number of nitrogens with one attached hydrogen (secondary N) is 1. The van der Waals surface area contributed by atoms with Gasteiger partial charge in [0.25, 0.3) is 0 Å². The van der Waals surface area contributed by atoms with Crippen molar-refractivity contribution in [1.82, 2.24) is 14.3 Å². The number of amides is 2. The van der Waals surface area contributed by atoms with Gasteiger partial charge in [0.1, 0.15) is 5.00 Å². The molecule has 2 aromatic heterocycles. The lowest BCUT2D eigenvalue weighted by molar-refractivity contribution is -0.142. The SMILES string of the molecule is Cc1cc(NC(=O)C(=O)N(C)Cc2csc(C)n2)sn1. The van der Waals surface area contributed by atoms with Gasteiger partial charge in [-0.25, -0.2) is 4.98 Å². The van der Waals surface area contributed by atoms with Gasteiger partial charge in [-0.3, -0.25) is 9.59 Å². The third kappa shape index (κ3) is 3.61. The first kappa shape index (κ1) is 14.6. The summed E-state index contributed by atoms with van der Waals surface area (Å²) in [5.41, 5.74) is 1.59. The number of aryl methyl sites for hydroxylation is 2. The fourth-order valence-corrected chi connectivity index (χ4v) is 2.82. The van der Waals surface area contributed by atoms with Crippen molar-refractivity contribution in [2.45, 2.75) is 20.4 Å². The van der Waals surface area contributed by atoms with Crippen molar-refractivity contribution < 1.29 is 9.59 Å². The molecule has 0 radical (unpaired) electrons. The molecule has 1 N–H and O–H groups in total. The van der Waals surface area contributed by atoms with Crippen LogP contribution in [0.4, 0.5) is 5.00 Å². The Hall–Kier alpha value is -1.80. The maximum atomic E-state index is 11.9. The highest BCUT2D eigenvalue weighted by atomic mass is 32.1. The van der Waals surface area contributed by atoms with E-state index >= 15 is 0 Å². The van der Waals surface area contributed by atoms with Crippen LogP contribution in [0.15, 0.2) is 11.4 Å². The van der Waals surface area contributed by atoms with Crippen molar-refractivity contribution in [2.75, 3.05) is 12.4 Å². The molecule has 0 atom stereocenters. The van der Waals surface area contributed by atoms with Gasteiger partial charge >= 0.3 is 11.8 Å². The molecule has 0 spiro atoms. The van der Waals surface area contributed by atoms with E-state index in [0.29, 0.717) is 11.5 Å². The van der Waals surface area contributed by atoms with Crippen molar-refractivity contribution >= 4 is 39.7 Å². The highest BCUT2D eigenvalue weighted by Crippen LogP contribution is 2.15. The lowest BCUT2D eigenvalue weighted by Crippen LogP contribution is -2.36. The zero-order valence-electron chi connectivity index (χ0n) is 11.3. The van der Waals surface area contributed by atoms with Crippen LogP contribution in [0.5, 0.6) is 0 Å². The van der Waals surface area contributed by atoms with E-state index in [9.17, 15) is 9.59 Å². The predicted octanol–water partition coefficient (Wildman–Crippen LogP) is 1.81. The summed E-state index contributed by atoms with van der Waals surface area (Å²) in [5.74, 6) is -1.26. The molecule has 0 fully saturated rings. The molecule has 0 saturated carbocycles. The normalized spacial score (nSPS) is 10.3. The molecule has 0 aromatic carbocycles. The van der Waals surface area contributed by atoms with Crippen LogP contribution in [0.1, 0.15) is 16.4 Å². The number of thiazole rings is 1. The van der Waals surface area contributed by atoms with Crippen LogP contribution >= 0.6 is 22.9 Å². The van der Waals surface area contributed by atoms with Crippen molar-refractivity contribution in [1.29, 1.82) is 0 Å². The number of anilines is 1. The summed E-state index contributed by atoms with van der Waals surface area (Å²) < 4.78 is 4.04. The maximum absolute atomic E-state index is 11.9. The molecular weight excluding hydrogens is 296 g/mol. The minimum absolute atomic E-state index is 0.318. The van der Waals surface area contributed by atoms with Crippen molar-refractivity contribution in [3.05, 3.63) is 27.8 Å². The first-order chi connectivity index (χ1) is 9.45. The average molecular weight is 310 g/mol. The minimum Gasteiger partial charge on any atom is -0.332 e. The maximum Gasteiger partial charge on any atom is 0.314 e. The number of hydrogen-bond donors (Lipinski definition) is 1. The largest absolute Gasteiger partial charge is 0.332 e. The number of carbonyl (C=O) groups excluding carboxylic acids is 2. The lowest BCUT2D eigenvalue weighted by Gasteiger charge is -2.14. The lowest BCUT2D eigenvalue weighted by atomic mass is 10.4. The van der Waals surface area contributed by atoms with Gasteiger partial charge in [0, 0.05) is 12.4 Å². The fourth-order valence-electron chi connectivity index (χ4n) is 1.56. The van der Waals surface area contributed by atoms with Crippen molar-refractivity contribution in [3.63, 3.8) is 0 Å². The number of nitrogens with zero attached hydrogens (tertiary/aromatic N) is 3. The number of rotatable bonds is 3. The molecular formula is C12H14N4O2S2. The third-order valence-electron chi connectivity index (χ3n) is 2.47. The van der Waals surface area contributed by atoms with Crippen LogP contribution in [-0.2, 0) is 16.1 Å². The Morgan fingerprint density at radius 2 is 2.15 bits per heavy atom. The molecule has 8 heteroatoms. The van der Waals surface area contributed by atoms with Crippen LogP contribution in [0.25, 0.3) is 0 Å². The molecule has 0 saturated heterocycles. The number of aromatic nitrogens is 2. The Labute approximate surface area is 124 Å². The Morgan fingerprint density at radius 3 is 2.70 bits per heavy atom. The quantitative estimate of drug-likeness (QED) is 0.877. The summed E-state index contributed by atoms with van der Waals surface area (Å²) >= 11 is 2.67. The Morgan fingerprint density at radius 1 is 1.40 bits per heavy atom. The summed E-state index contributed by atoms with van der Waals surface area (Å²) in [4.78, 5) is 29.4. The third-order valence-corrected chi connectivity index (χ3v) is 4.09. The van der Waals surface area contributed by atoms with Gasteiger partial charge in [0.2, 0.25) is 0 Å². The van der Waals surface area contributed by atoms with Crippen molar-refractivity contribution in [3.8, 4) is 0 Å². The van der Waals surface area contributed by atoms with Crippen LogP contribution in [0.2, 0.25) is 0 Å². The highest BCUT2D eigenvalue weighted by Gasteiger charge is 2.20. The molecule has 20 heavy (non-hydrogen) atoms. The molecule has 2 rings (SSSR count). The number of likely N-dealkylation sites (N-methyl/N-ethyl adjacent to an activating group) is 1. The smallest absolute Gasteiger partial charge is 0.314 e. The van der Waals surface area contributed by atoms with Gasteiger partial charge in [0.05, 0.1) is 22.9 Å². The summed E-state index contributed by atoms with van der Waals surface area (Å²) in [6, 6.07) is 1.72. The van der Waals surface area contributed by atoms with E-state index in [4.69, 9.17) is 0 Å². The van der Waals surface area contributed by atoms with E-state index in [1.54, 1.807) is 13.1 Å². The summed E-state index contributed by atoms with van der Waals surface area (Å²) in [5, 5.41) is 5.92. The molecule has 106 valence electrons. The second kappa shape index (κ2) is 6.10. The van der Waals surface area contributed by atoms with E-state index < -0.39 is 11.8 Å². The number of carbonyl (C=O) groups is 2. The highest BCUT2D eigenvalue weighted by molar-refractivity contribution is 7.10. The topological polar surface area (TPSA) is 75.2 Å². The average Bonchev–Trinajstić information content (AvgIpc) is 2.97. The van der Waals surface area contributed by atoms with Gasteiger partial charge in [-0.1, -0.05) is 0 Å².